The van der Waals surface area contributed by atoms with E-state index in [-0.39, 0.29) is 0 Å². The van der Waals surface area contributed by atoms with Crippen molar-refractivity contribution in [3.05, 3.63) is 21.9 Å². The van der Waals surface area contributed by atoms with Gasteiger partial charge in [-0.05, 0) is 44.9 Å². The predicted molar refractivity (Wildman–Crippen MR) is 103 cm³/mol. The molecule has 1 aliphatic rings. The van der Waals surface area contributed by atoms with Crippen LogP contribution in [-0.4, -0.2) is 56.8 Å². The Labute approximate surface area is 150 Å². The molecular weight excluding hydrogens is 320 g/mol. The van der Waals surface area contributed by atoms with E-state index in [0.29, 0.717) is 0 Å². The second-order valence-electron chi connectivity index (χ2n) is 6.00. The fourth-order valence-electron chi connectivity index (χ4n) is 2.69. The molecule has 6 heteroatoms. The van der Waals surface area contributed by atoms with Gasteiger partial charge in [0, 0.05) is 35.9 Å². The summed E-state index contributed by atoms with van der Waals surface area (Å²) in [6.45, 7) is 12.0. The first-order valence-corrected chi connectivity index (χ1v) is 10.0. The first-order chi connectivity index (χ1) is 11.8. The van der Waals surface area contributed by atoms with Crippen molar-refractivity contribution in [2.75, 3.05) is 45.9 Å². The Bertz CT molecular complexity index is 483. The molecule has 5 nitrogen and oxygen atoms in total. The van der Waals surface area contributed by atoms with Crippen molar-refractivity contribution < 1.29 is 4.74 Å². The van der Waals surface area contributed by atoms with Crippen LogP contribution in [0.1, 0.15) is 36.4 Å². The third kappa shape index (κ3) is 7.20. The molecule has 1 saturated heterocycles. The van der Waals surface area contributed by atoms with Gasteiger partial charge in [0.05, 0.1) is 19.8 Å². The lowest BCUT2D eigenvalue weighted by atomic mass is 10.3. The standard InChI is InChI=1S/C18H32N4OS/c1-3-16-7-8-17(24-16)15-21-18(19-4-2)20-9-5-6-10-22-11-13-23-14-12-22/h7-8H,3-6,9-15H2,1-2H3,(H2,19,20,21). The number of ether oxygens (including phenoxy) is 1. The highest BCUT2D eigenvalue weighted by Gasteiger charge is 2.09. The van der Waals surface area contributed by atoms with Gasteiger partial charge in [-0.2, -0.15) is 0 Å². The van der Waals surface area contributed by atoms with Gasteiger partial charge in [0.1, 0.15) is 0 Å². The molecule has 0 spiro atoms. The summed E-state index contributed by atoms with van der Waals surface area (Å²) in [6, 6.07) is 4.40. The molecule has 1 aliphatic heterocycles. The molecule has 0 saturated carbocycles. The van der Waals surface area contributed by atoms with E-state index in [0.717, 1.165) is 58.3 Å². The van der Waals surface area contributed by atoms with E-state index < -0.39 is 0 Å². The summed E-state index contributed by atoms with van der Waals surface area (Å²) in [5, 5.41) is 6.78. The smallest absolute Gasteiger partial charge is 0.191 e. The lowest BCUT2D eigenvalue weighted by molar-refractivity contribution is 0.0372. The second kappa shape index (κ2) is 11.4. The summed E-state index contributed by atoms with van der Waals surface area (Å²) in [5.41, 5.74) is 0. The van der Waals surface area contributed by atoms with Crippen molar-refractivity contribution in [2.24, 2.45) is 4.99 Å². The quantitative estimate of drug-likeness (QED) is 0.407. The number of guanidine groups is 1. The summed E-state index contributed by atoms with van der Waals surface area (Å²) in [5.74, 6) is 0.926. The van der Waals surface area contributed by atoms with E-state index in [1.165, 1.54) is 29.1 Å². The van der Waals surface area contributed by atoms with Crippen molar-refractivity contribution in [3.63, 3.8) is 0 Å². The molecule has 0 radical (unpaired) electrons. The van der Waals surface area contributed by atoms with Gasteiger partial charge in [-0.25, -0.2) is 4.99 Å². The molecule has 136 valence electrons. The van der Waals surface area contributed by atoms with E-state index in [9.17, 15) is 0 Å². The lowest BCUT2D eigenvalue weighted by Crippen LogP contribution is -2.39. The zero-order valence-electron chi connectivity index (χ0n) is 15.1. The van der Waals surface area contributed by atoms with E-state index in [1.54, 1.807) is 0 Å². The molecular formula is C18H32N4OS. The molecule has 2 rings (SSSR count). The van der Waals surface area contributed by atoms with Gasteiger partial charge in [0.25, 0.3) is 0 Å². The summed E-state index contributed by atoms with van der Waals surface area (Å²) in [7, 11) is 0. The van der Waals surface area contributed by atoms with Crippen LogP contribution in [0.25, 0.3) is 0 Å². The molecule has 1 aromatic heterocycles. The van der Waals surface area contributed by atoms with Crippen molar-refractivity contribution in [3.8, 4) is 0 Å². The number of nitrogens with one attached hydrogen (secondary N) is 2. The van der Waals surface area contributed by atoms with E-state index in [2.05, 4.69) is 41.5 Å². The summed E-state index contributed by atoms with van der Waals surface area (Å²) in [4.78, 5) is 9.95. The number of rotatable bonds is 9. The fourth-order valence-corrected chi connectivity index (χ4v) is 3.57. The molecule has 0 aliphatic carbocycles. The first kappa shape index (κ1) is 19.2. The largest absolute Gasteiger partial charge is 0.379 e. The Balaban J connectivity index is 1.65. The molecule has 1 aromatic rings. The first-order valence-electron chi connectivity index (χ1n) is 9.21. The van der Waals surface area contributed by atoms with Crippen LogP contribution in [0.5, 0.6) is 0 Å². The van der Waals surface area contributed by atoms with Gasteiger partial charge in [0.15, 0.2) is 5.96 Å². The van der Waals surface area contributed by atoms with Crippen LogP contribution in [0.3, 0.4) is 0 Å². The molecule has 0 atom stereocenters. The number of hydrogen-bond acceptors (Lipinski definition) is 4. The highest BCUT2D eigenvalue weighted by Crippen LogP contribution is 2.17. The van der Waals surface area contributed by atoms with Crippen LogP contribution in [0.15, 0.2) is 17.1 Å². The van der Waals surface area contributed by atoms with Gasteiger partial charge in [-0.1, -0.05) is 6.92 Å². The van der Waals surface area contributed by atoms with Crippen LogP contribution >= 0.6 is 11.3 Å². The molecule has 2 heterocycles. The Morgan fingerprint density at radius 1 is 1.17 bits per heavy atom. The zero-order valence-corrected chi connectivity index (χ0v) is 16.0. The minimum absolute atomic E-state index is 0.758. The van der Waals surface area contributed by atoms with Crippen LogP contribution < -0.4 is 10.6 Å². The number of morpholine rings is 1. The summed E-state index contributed by atoms with van der Waals surface area (Å²) >= 11 is 1.86. The third-order valence-corrected chi connectivity index (χ3v) is 5.31. The van der Waals surface area contributed by atoms with E-state index in [4.69, 9.17) is 9.73 Å². The number of nitrogens with zero attached hydrogens (tertiary/aromatic N) is 2. The highest BCUT2D eigenvalue weighted by atomic mass is 32.1. The number of unbranched alkanes of at least 4 members (excludes halogenated alkanes) is 1. The molecule has 0 aromatic carbocycles. The summed E-state index contributed by atoms with van der Waals surface area (Å²) < 4.78 is 5.38. The van der Waals surface area contributed by atoms with Crippen molar-refractivity contribution in [1.29, 1.82) is 0 Å². The minimum Gasteiger partial charge on any atom is -0.379 e. The number of hydrogen-bond donors (Lipinski definition) is 2. The Hall–Kier alpha value is -1.11. The van der Waals surface area contributed by atoms with Gasteiger partial charge >= 0.3 is 0 Å². The van der Waals surface area contributed by atoms with Gasteiger partial charge in [-0.3, -0.25) is 4.90 Å². The Morgan fingerprint density at radius 3 is 2.67 bits per heavy atom. The van der Waals surface area contributed by atoms with E-state index in [1.807, 2.05) is 11.3 Å². The topological polar surface area (TPSA) is 48.9 Å². The van der Waals surface area contributed by atoms with Crippen molar-refractivity contribution >= 4 is 17.3 Å². The van der Waals surface area contributed by atoms with Crippen molar-refractivity contribution in [2.45, 2.75) is 39.7 Å². The molecule has 0 amide bonds. The molecule has 0 bridgehead atoms. The summed E-state index contributed by atoms with van der Waals surface area (Å²) in [6.07, 6.45) is 3.49. The lowest BCUT2D eigenvalue weighted by Gasteiger charge is -2.26. The highest BCUT2D eigenvalue weighted by molar-refractivity contribution is 7.11. The van der Waals surface area contributed by atoms with Gasteiger partial charge < -0.3 is 15.4 Å². The maximum atomic E-state index is 5.38. The zero-order chi connectivity index (χ0) is 17.0. The number of aryl methyl sites for hydroxylation is 1. The molecule has 24 heavy (non-hydrogen) atoms. The molecule has 1 fully saturated rings. The van der Waals surface area contributed by atoms with Crippen molar-refractivity contribution in [1.82, 2.24) is 15.5 Å². The van der Waals surface area contributed by atoms with Crippen LogP contribution in [0.4, 0.5) is 0 Å². The van der Waals surface area contributed by atoms with E-state index >= 15 is 0 Å². The SMILES string of the molecule is CCNC(=NCc1ccc(CC)s1)NCCCCN1CCOCC1. The molecule has 0 unspecified atom stereocenters. The number of aliphatic imine (C=N–C) groups is 1. The van der Waals surface area contributed by atoms with Gasteiger partial charge in [0.2, 0.25) is 0 Å². The minimum atomic E-state index is 0.758. The second-order valence-corrected chi connectivity index (χ2v) is 7.26. The van der Waals surface area contributed by atoms with Gasteiger partial charge in [-0.15, -0.1) is 11.3 Å². The Kier molecular flexibility index (Phi) is 9.16. The monoisotopic (exact) mass is 352 g/mol. The molecule has 2 N–H and O–H groups in total. The maximum absolute atomic E-state index is 5.38. The number of thiophene rings is 1. The normalized spacial score (nSPS) is 16.3. The van der Waals surface area contributed by atoms with Crippen LogP contribution in [-0.2, 0) is 17.7 Å². The third-order valence-electron chi connectivity index (χ3n) is 4.10. The average molecular weight is 353 g/mol. The maximum Gasteiger partial charge on any atom is 0.191 e. The average Bonchev–Trinajstić information content (AvgIpc) is 3.08. The fraction of sp³-hybridized carbons (Fsp3) is 0.722. The Morgan fingerprint density at radius 2 is 1.96 bits per heavy atom. The van der Waals surface area contributed by atoms with Crippen LogP contribution in [0, 0.1) is 0 Å². The predicted octanol–water partition coefficient (Wildman–Crippen LogP) is 2.48. The van der Waals surface area contributed by atoms with Crippen LogP contribution in [0.2, 0.25) is 0 Å².